The quantitative estimate of drug-likeness (QED) is 0.874. The van der Waals surface area contributed by atoms with Crippen LogP contribution in [-0.2, 0) is 11.3 Å². The van der Waals surface area contributed by atoms with E-state index in [0.717, 1.165) is 43.4 Å². The number of carbonyl (C=O) groups is 1. The first-order valence-electron chi connectivity index (χ1n) is 7.62. The predicted molar refractivity (Wildman–Crippen MR) is 89.8 cm³/mol. The number of rotatable bonds is 3. The van der Waals surface area contributed by atoms with Crippen LogP contribution in [-0.4, -0.2) is 46.9 Å². The van der Waals surface area contributed by atoms with Crippen molar-refractivity contribution in [3.63, 3.8) is 0 Å². The third-order valence-electron chi connectivity index (χ3n) is 4.15. The van der Waals surface area contributed by atoms with Crippen molar-refractivity contribution in [1.29, 1.82) is 0 Å². The highest BCUT2D eigenvalue weighted by Gasteiger charge is 2.19. The van der Waals surface area contributed by atoms with E-state index >= 15 is 0 Å². The molecular weight excluding hydrogens is 294 g/mol. The van der Waals surface area contributed by atoms with Crippen LogP contribution >= 0.6 is 11.3 Å². The van der Waals surface area contributed by atoms with E-state index in [1.54, 1.807) is 18.3 Å². The molecule has 1 aliphatic rings. The molecule has 1 aliphatic heterocycles. The largest absolute Gasteiger partial charge is 0.340 e. The Kier molecular flexibility index (Phi) is 4.55. The first kappa shape index (κ1) is 15.2. The third kappa shape index (κ3) is 3.36. The standard InChI is InChI=1S/C17H21N3OS/c1-13-5-3-4-6-15(13)16-12-22-17(18-16)11-19-7-9-20(10-8-19)14(2)21/h3-6,12H,7-11H2,1-2H3. The Bertz CT molecular complexity index is 659. The topological polar surface area (TPSA) is 36.4 Å². The number of carbonyl (C=O) groups excluding carboxylic acids is 1. The van der Waals surface area contributed by atoms with Gasteiger partial charge in [-0.3, -0.25) is 9.69 Å². The van der Waals surface area contributed by atoms with Crippen LogP contribution in [0.1, 0.15) is 17.5 Å². The SMILES string of the molecule is CC(=O)N1CCN(Cc2nc(-c3ccccc3C)cs2)CC1. The monoisotopic (exact) mass is 315 g/mol. The Balaban J connectivity index is 1.63. The molecule has 0 bridgehead atoms. The minimum absolute atomic E-state index is 0.177. The number of piperazine rings is 1. The summed E-state index contributed by atoms with van der Waals surface area (Å²) < 4.78 is 0. The summed E-state index contributed by atoms with van der Waals surface area (Å²) in [6.07, 6.45) is 0. The molecule has 5 heteroatoms. The fourth-order valence-electron chi connectivity index (χ4n) is 2.78. The Morgan fingerprint density at radius 3 is 2.64 bits per heavy atom. The number of nitrogens with zero attached hydrogens (tertiary/aromatic N) is 3. The van der Waals surface area contributed by atoms with Crippen molar-refractivity contribution in [2.75, 3.05) is 26.2 Å². The van der Waals surface area contributed by atoms with Crippen LogP contribution in [0.3, 0.4) is 0 Å². The van der Waals surface area contributed by atoms with Gasteiger partial charge in [0, 0.05) is 44.0 Å². The number of aromatic nitrogens is 1. The highest BCUT2D eigenvalue weighted by atomic mass is 32.1. The van der Waals surface area contributed by atoms with Gasteiger partial charge >= 0.3 is 0 Å². The fraction of sp³-hybridized carbons (Fsp3) is 0.412. The van der Waals surface area contributed by atoms with E-state index in [9.17, 15) is 4.79 Å². The lowest BCUT2D eigenvalue weighted by Gasteiger charge is -2.33. The van der Waals surface area contributed by atoms with Gasteiger partial charge in [-0.2, -0.15) is 0 Å². The summed E-state index contributed by atoms with van der Waals surface area (Å²) >= 11 is 1.72. The maximum Gasteiger partial charge on any atom is 0.219 e. The molecule has 0 saturated carbocycles. The van der Waals surface area contributed by atoms with Crippen LogP contribution in [0.2, 0.25) is 0 Å². The Morgan fingerprint density at radius 1 is 1.23 bits per heavy atom. The Hall–Kier alpha value is -1.72. The van der Waals surface area contributed by atoms with Gasteiger partial charge in [-0.25, -0.2) is 4.98 Å². The molecule has 22 heavy (non-hydrogen) atoms. The number of hydrogen-bond acceptors (Lipinski definition) is 4. The van der Waals surface area contributed by atoms with Gasteiger partial charge < -0.3 is 4.90 Å². The lowest BCUT2D eigenvalue weighted by atomic mass is 10.1. The second-order valence-corrected chi connectivity index (χ2v) is 6.67. The zero-order valence-corrected chi connectivity index (χ0v) is 13.9. The predicted octanol–water partition coefficient (Wildman–Crippen LogP) is 2.78. The highest BCUT2D eigenvalue weighted by Crippen LogP contribution is 2.25. The van der Waals surface area contributed by atoms with Crippen molar-refractivity contribution in [1.82, 2.24) is 14.8 Å². The molecule has 0 unspecified atom stereocenters. The first-order chi connectivity index (χ1) is 10.6. The molecule has 1 aromatic heterocycles. The zero-order valence-electron chi connectivity index (χ0n) is 13.1. The zero-order chi connectivity index (χ0) is 15.5. The average molecular weight is 315 g/mol. The van der Waals surface area contributed by atoms with Crippen LogP contribution in [0, 0.1) is 6.92 Å². The van der Waals surface area contributed by atoms with E-state index in [1.807, 2.05) is 4.90 Å². The van der Waals surface area contributed by atoms with Crippen LogP contribution in [0.4, 0.5) is 0 Å². The van der Waals surface area contributed by atoms with Crippen molar-refractivity contribution in [3.05, 3.63) is 40.2 Å². The molecule has 3 rings (SSSR count). The van der Waals surface area contributed by atoms with Crippen molar-refractivity contribution in [2.24, 2.45) is 0 Å². The molecule has 0 aliphatic carbocycles. The van der Waals surface area contributed by atoms with E-state index in [4.69, 9.17) is 4.98 Å². The van der Waals surface area contributed by atoms with E-state index in [0.29, 0.717) is 0 Å². The van der Waals surface area contributed by atoms with Crippen molar-refractivity contribution in [3.8, 4) is 11.3 Å². The Morgan fingerprint density at radius 2 is 1.95 bits per heavy atom. The van der Waals surface area contributed by atoms with Crippen molar-refractivity contribution in [2.45, 2.75) is 20.4 Å². The van der Waals surface area contributed by atoms with Gasteiger partial charge in [0.15, 0.2) is 0 Å². The normalized spacial score (nSPS) is 16.0. The molecule has 116 valence electrons. The molecule has 0 spiro atoms. The summed E-state index contributed by atoms with van der Waals surface area (Å²) in [4.78, 5) is 20.4. The van der Waals surface area contributed by atoms with Gasteiger partial charge in [-0.1, -0.05) is 24.3 Å². The maximum absolute atomic E-state index is 11.4. The maximum atomic E-state index is 11.4. The summed E-state index contributed by atoms with van der Waals surface area (Å²) in [7, 11) is 0. The fourth-order valence-corrected chi connectivity index (χ4v) is 3.62. The van der Waals surface area contributed by atoms with E-state index < -0.39 is 0 Å². The number of amides is 1. The van der Waals surface area contributed by atoms with E-state index in [1.165, 1.54) is 11.1 Å². The molecule has 1 fully saturated rings. The van der Waals surface area contributed by atoms with Crippen LogP contribution in [0.5, 0.6) is 0 Å². The van der Waals surface area contributed by atoms with Gasteiger partial charge in [-0.05, 0) is 12.5 Å². The molecule has 0 atom stereocenters. The van der Waals surface area contributed by atoms with Gasteiger partial charge in [-0.15, -0.1) is 11.3 Å². The summed E-state index contributed by atoms with van der Waals surface area (Å²) in [6.45, 7) is 8.15. The summed E-state index contributed by atoms with van der Waals surface area (Å²) in [5.41, 5.74) is 3.54. The minimum Gasteiger partial charge on any atom is -0.340 e. The van der Waals surface area contributed by atoms with Crippen LogP contribution in [0.15, 0.2) is 29.6 Å². The molecule has 1 amide bonds. The molecule has 0 N–H and O–H groups in total. The summed E-state index contributed by atoms with van der Waals surface area (Å²) in [5, 5.41) is 3.29. The molecule has 2 aromatic rings. The summed E-state index contributed by atoms with van der Waals surface area (Å²) in [6, 6.07) is 8.36. The first-order valence-corrected chi connectivity index (χ1v) is 8.50. The van der Waals surface area contributed by atoms with Gasteiger partial charge in [0.2, 0.25) is 5.91 Å². The molecule has 0 radical (unpaired) electrons. The number of benzene rings is 1. The Labute approximate surface area is 135 Å². The van der Waals surface area contributed by atoms with Crippen LogP contribution in [0.25, 0.3) is 11.3 Å². The number of hydrogen-bond donors (Lipinski definition) is 0. The van der Waals surface area contributed by atoms with Crippen LogP contribution < -0.4 is 0 Å². The van der Waals surface area contributed by atoms with Crippen molar-refractivity contribution >= 4 is 17.2 Å². The second-order valence-electron chi connectivity index (χ2n) is 5.72. The third-order valence-corrected chi connectivity index (χ3v) is 4.98. The average Bonchev–Trinajstić information content (AvgIpc) is 2.96. The lowest BCUT2D eigenvalue weighted by Crippen LogP contribution is -2.47. The van der Waals surface area contributed by atoms with Gasteiger partial charge in [0.1, 0.15) is 5.01 Å². The smallest absolute Gasteiger partial charge is 0.219 e. The van der Waals surface area contributed by atoms with Crippen molar-refractivity contribution < 1.29 is 4.79 Å². The molecular formula is C17H21N3OS. The lowest BCUT2D eigenvalue weighted by molar-refractivity contribution is -0.130. The minimum atomic E-state index is 0.177. The number of thiazole rings is 1. The molecule has 1 aromatic carbocycles. The second kappa shape index (κ2) is 6.58. The number of aryl methyl sites for hydroxylation is 1. The molecule has 4 nitrogen and oxygen atoms in total. The summed E-state index contributed by atoms with van der Waals surface area (Å²) in [5.74, 6) is 0.177. The highest BCUT2D eigenvalue weighted by molar-refractivity contribution is 7.09. The van der Waals surface area contributed by atoms with Gasteiger partial charge in [0.05, 0.1) is 12.2 Å². The van der Waals surface area contributed by atoms with E-state index in [2.05, 4.69) is 41.5 Å². The van der Waals surface area contributed by atoms with E-state index in [-0.39, 0.29) is 5.91 Å². The molecule has 1 saturated heterocycles. The van der Waals surface area contributed by atoms with Gasteiger partial charge in [0.25, 0.3) is 0 Å². The molecule has 2 heterocycles.